The van der Waals surface area contributed by atoms with Crippen LogP contribution in [-0.4, -0.2) is 28.5 Å². The fraction of sp³-hybridized carbons (Fsp3) is 0.0625. The SMILES string of the molecule is Cc1cc(F)ccc1S(=O)(=O)n1cc(NC(=O)c2ccccn2)cn1. The summed E-state index contributed by atoms with van der Waals surface area (Å²) in [5.41, 5.74) is 0.640. The van der Waals surface area contributed by atoms with E-state index in [4.69, 9.17) is 0 Å². The number of nitrogens with one attached hydrogen (secondary N) is 1. The summed E-state index contributed by atoms with van der Waals surface area (Å²) in [5.74, 6) is -1.02. The molecule has 0 radical (unpaired) electrons. The average Bonchev–Trinajstić information content (AvgIpc) is 3.04. The van der Waals surface area contributed by atoms with E-state index in [1.165, 1.54) is 37.6 Å². The second kappa shape index (κ2) is 6.44. The van der Waals surface area contributed by atoms with Crippen LogP contribution in [0.1, 0.15) is 16.1 Å². The van der Waals surface area contributed by atoms with Crippen LogP contribution in [0.4, 0.5) is 10.1 Å². The van der Waals surface area contributed by atoms with Crippen LogP contribution in [0.5, 0.6) is 0 Å². The lowest BCUT2D eigenvalue weighted by Crippen LogP contribution is -2.15. The number of carbonyl (C=O) groups excluding carboxylic acids is 1. The highest BCUT2D eigenvalue weighted by molar-refractivity contribution is 7.89. The Bertz CT molecular complexity index is 1030. The number of halogens is 1. The molecule has 0 saturated heterocycles. The predicted molar refractivity (Wildman–Crippen MR) is 88.1 cm³/mol. The van der Waals surface area contributed by atoms with Crippen molar-refractivity contribution in [3.63, 3.8) is 0 Å². The molecule has 9 heteroatoms. The van der Waals surface area contributed by atoms with Crippen molar-refractivity contribution in [1.29, 1.82) is 0 Å². The van der Waals surface area contributed by atoms with Gasteiger partial charge in [-0.3, -0.25) is 9.78 Å². The summed E-state index contributed by atoms with van der Waals surface area (Å²) in [4.78, 5) is 15.9. The Balaban J connectivity index is 1.87. The van der Waals surface area contributed by atoms with E-state index in [1.54, 1.807) is 12.1 Å². The quantitative estimate of drug-likeness (QED) is 0.770. The molecule has 0 aliphatic rings. The maximum atomic E-state index is 13.2. The summed E-state index contributed by atoms with van der Waals surface area (Å²) >= 11 is 0. The molecule has 7 nitrogen and oxygen atoms in total. The number of amides is 1. The van der Waals surface area contributed by atoms with Crippen molar-refractivity contribution in [3.05, 3.63) is 72.1 Å². The van der Waals surface area contributed by atoms with Crippen molar-refractivity contribution >= 4 is 21.6 Å². The maximum absolute atomic E-state index is 13.2. The van der Waals surface area contributed by atoms with Gasteiger partial charge >= 0.3 is 0 Å². The van der Waals surface area contributed by atoms with Gasteiger partial charge in [-0.15, -0.1) is 0 Å². The molecule has 1 amide bonds. The molecule has 0 bridgehead atoms. The van der Waals surface area contributed by atoms with Crippen LogP contribution in [0.2, 0.25) is 0 Å². The zero-order chi connectivity index (χ0) is 18.0. The van der Waals surface area contributed by atoms with Gasteiger partial charge < -0.3 is 5.32 Å². The predicted octanol–water partition coefficient (Wildman–Crippen LogP) is 2.21. The van der Waals surface area contributed by atoms with Crippen LogP contribution in [0.25, 0.3) is 0 Å². The third-order valence-corrected chi connectivity index (χ3v) is 5.08. The molecule has 1 N–H and O–H groups in total. The Labute approximate surface area is 143 Å². The van der Waals surface area contributed by atoms with Gasteiger partial charge in [-0.2, -0.15) is 17.6 Å². The second-order valence-corrected chi connectivity index (χ2v) is 6.95. The van der Waals surface area contributed by atoms with Gasteiger partial charge in [0.15, 0.2) is 0 Å². The largest absolute Gasteiger partial charge is 0.318 e. The minimum Gasteiger partial charge on any atom is -0.318 e. The molecule has 0 fully saturated rings. The molecule has 0 aliphatic carbocycles. The molecule has 0 aliphatic heterocycles. The number of hydrogen-bond acceptors (Lipinski definition) is 5. The minimum atomic E-state index is -3.99. The summed E-state index contributed by atoms with van der Waals surface area (Å²) < 4.78 is 39.1. The molecular formula is C16H13FN4O3S. The molecule has 0 unspecified atom stereocenters. The van der Waals surface area contributed by atoms with Gasteiger partial charge in [0, 0.05) is 6.20 Å². The van der Waals surface area contributed by atoms with E-state index in [-0.39, 0.29) is 21.8 Å². The van der Waals surface area contributed by atoms with Crippen LogP contribution >= 0.6 is 0 Å². The van der Waals surface area contributed by atoms with Crippen LogP contribution in [0.15, 0.2) is 59.9 Å². The standard InChI is InChI=1S/C16H13FN4O3S/c1-11-8-12(17)5-6-15(11)25(23,24)21-10-13(9-19-21)20-16(22)14-4-2-3-7-18-14/h2-10H,1H3,(H,20,22). The molecule has 2 heterocycles. The first-order valence-corrected chi connectivity index (χ1v) is 8.61. The highest BCUT2D eigenvalue weighted by Crippen LogP contribution is 2.20. The number of rotatable bonds is 4. The summed E-state index contributed by atoms with van der Waals surface area (Å²) in [6.07, 6.45) is 3.84. The first-order chi connectivity index (χ1) is 11.9. The normalized spacial score (nSPS) is 11.3. The zero-order valence-corrected chi connectivity index (χ0v) is 13.9. The Kier molecular flexibility index (Phi) is 4.32. The number of carbonyl (C=O) groups is 1. The number of nitrogens with zero attached hydrogens (tertiary/aromatic N) is 3. The van der Waals surface area contributed by atoms with E-state index in [1.807, 2.05) is 0 Å². The Morgan fingerprint density at radius 1 is 1.24 bits per heavy atom. The third kappa shape index (κ3) is 3.41. The highest BCUT2D eigenvalue weighted by atomic mass is 32.2. The maximum Gasteiger partial charge on any atom is 0.283 e. The molecule has 128 valence electrons. The van der Waals surface area contributed by atoms with Crippen molar-refractivity contribution in [1.82, 2.24) is 14.2 Å². The molecule has 0 saturated carbocycles. The Morgan fingerprint density at radius 2 is 2.04 bits per heavy atom. The molecule has 3 aromatic rings. The van der Waals surface area contributed by atoms with E-state index < -0.39 is 21.7 Å². The van der Waals surface area contributed by atoms with Gasteiger partial charge in [0.25, 0.3) is 15.9 Å². The average molecular weight is 360 g/mol. The summed E-state index contributed by atoms with van der Waals surface area (Å²) in [6.45, 7) is 1.49. The lowest BCUT2D eigenvalue weighted by atomic mass is 10.2. The number of anilines is 1. The highest BCUT2D eigenvalue weighted by Gasteiger charge is 2.21. The summed E-state index contributed by atoms with van der Waals surface area (Å²) in [6, 6.07) is 8.22. The van der Waals surface area contributed by atoms with Crippen molar-refractivity contribution in [2.45, 2.75) is 11.8 Å². The number of aromatic nitrogens is 3. The topological polar surface area (TPSA) is 94.0 Å². The number of hydrogen-bond donors (Lipinski definition) is 1. The van der Waals surface area contributed by atoms with Crippen molar-refractivity contribution < 1.29 is 17.6 Å². The van der Waals surface area contributed by atoms with Crippen molar-refractivity contribution in [3.8, 4) is 0 Å². The Hall–Kier alpha value is -3.07. The monoisotopic (exact) mass is 360 g/mol. The molecule has 1 aromatic carbocycles. The molecule has 0 spiro atoms. The van der Waals surface area contributed by atoms with E-state index >= 15 is 0 Å². The van der Waals surface area contributed by atoms with E-state index in [0.717, 1.165) is 16.2 Å². The lowest BCUT2D eigenvalue weighted by molar-refractivity contribution is 0.102. The number of pyridine rings is 1. The van der Waals surface area contributed by atoms with Crippen LogP contribution in [0, 0.1) is 12.7 Å². The molecule has 3 rings (SSSR count). The van der Waals surface area contributed by atoms with Gasteiger partial charge in [0.05, 0.1) is 23.0 Å². The van der Waals surface area contributed by atoms with Gasteiger partial charge in [0.2, 0.25) is 0 Å². The fourth-order valence-corrected chi connectivity index (χ4v) is 3.53. The van der Waals surface area contributed by atoms with Gasteiger partial charge in [-0.05, 0) is 42.8 Å². The van der Waals surface area contributed by atoms with Crippen LogP contribution in [0.3, 0.4) is 0 Å². The third-order valence-electron chi connectivity index (χ3n) is 3.38. The van der Waals surface area contributed by atoms with Crippen molar-refractivity contribution in [2.24, 2.45) is 0 Å². The minimum absolute atomic E-state index is 0.0698. The molecular weight excluding hydrogens is 347 g/mol. The van der Waals surface area contributed by atoms with E-state index in [9.17, 15) is 17.6 Å². The molecule has 25 heavy (non-hydrogen) atoms. The fourth-order valence-electron chi connectivity index (χ4n) is 2.20. The molecule has 0 atom stereocenters. The van der Waals surface area contributed by atoms with Crippen molar-refractivity contribution in [2.75, 3.05) is 5.32 Å². The molecule has 2 aromatic heterocycles. The Morgan fingerprint density at radius 3 is 2.72 bits per heavy atom. The van der Waals surface area contributed by atoms with Gasteiger partial charge in [0.1, 0.15) is 11.5 Å². The summed E-state index contributed by atoms with van der Waals surface area (Å²) in [7, 11) is -3.99. The summed E-state index contributed by atoms with van der Waals surface area (Å²) in [5, 5.41) is 6.29. The lowest BCUT2D eigenvalue weighted by Gasteiger charge is -2.07. The number of aryl methyl sites for hydroxylation is 1. The smallest absolute Gasteiger partial charge is 0.283 e. The first-order valence-electron chi connectivity index (χ1n) is 7.17. The number of benzene rings is 1. The van der Waals surface area contributed by atoms with Gasteiger partial charge in [-0.1, -0.05) is 6.07 Å². The van der Waals surface area contributed by atoms with Gasteiger partial charge in [-0.25, -0.2) is 4.39 Å². The van der Waals surface area contributed by atoms with Crippen LogP contribution < -0.4 is 5.32 Å². The zero-order valence-electron chi connectivity index (χ0n) is 13.0. The first kappa shape index (κ1) is 16.8. The second-order valence-electron chi connectivity index (χ2n) is 5.19. The van der Waals surface area contributed by atoms with Crippen LogP contribution in [-0.2, 0) is 10.0 Å². The van der Waals surface area contributed by atoms with E-state index in [2.05, 4.69) is 15.4 Å². The van der Waals surface area contributed by atoms with E-state index in [0.29, 0.717) is 0 Å².